The standard InChI is InChI=1S/C13H19ClFN3O/c1-3-8(2)18-13(19)4-5-17-12-6-9(14)10(15)7-11(12)16/h6-8,17H,3-5,16H2,1-2H3,(H,18,19). The summed E-state index contributed by atoms with van der Waals surface area (Å²) >= 11 is 5.67. The van der Waals surface area contributed by atoms with Crippen molar-refractivity contribution >= 4 is 28.9 Å². The highest BCUT2D eigenvalue weighted by Crippen LogP contribution is 2.26. The van der Waals surface area contributed by atoms with Crippen LogP contribution in [0.25, 0.3) is 0 Å². The number of amides is 1. The van der Waals surface area contributed by atoms with E-state index < -0.39 is 5.82 Å². The number of benzene rings is 1. The van der Waals surface area contributed by atoms with Crippen LogP contribution in [0, 0.1) is 5.82 Å². The average Bonchev–Trinajstić information content (AvgIpc) is 2.35. The monoisotopic (exact) mass is 287 g/mol. The minimum Gasteiger partial charge on any atom is -0.397 e. The molecule has 0 fully saturated rings. The summed E-state index contributed by atoms with van der Waals surface area (Å²) in [5.41, 5.74) is 6.45. The fourth-order valence-corrected chi connectivity index (χ4v) is 1.64. The Morgan fingerprint density at radius 3 is 2.84 bits per heavy atom. The van der Waals surface area contributed by atoms with Crippen molar-refractivity contribution in [3.63, 3.8) is 0 Å². The van der Waals surface area contributed by atoms with Crippen LogP contribution in [0.5, 0.6) is 0 Å². The number of hydrogen-bond acceptors (Lipinski definition) is 3. The van der Waals surface area contributed by atoms with Gasteiger partial charge < -0.3 is 16.4 Å². The van der Waals surface area contributed by atoms with E-state index in [1.54, 1.807) is 0 Å². The lowest BCUT2D eigenvalue weighted by molar-refractivity contribution is -0.121. The van der Waals surface area contributed by atoms with Crippen molar-refractivity contribution in [2.75, 3.05) is 17.6 Å². The molecule has 1 amide bonds. The van der Waals surface area contributed by atoms with E-state index in [-0.39, 0.29) is 22.7 Å². The Labute approximate surface area is 117 Å². The maximum absolute atomic E-state index is 13.1. The predicted molar refractivity (Wildman–Crippen MR) is 76.8 cm³/mol. The molecular weight excluding hydrogens is 269 g/mol. The van der Waals surface area contributed by atoms with Gasteiger partial charge in [0.25, 0.3) is 0 Å². The lowest BCUT2D eigenvalue weighted by atomic mass is 10.2. The quantitative estimate of drug-likeness (QED) is 0.705. The number of nitrogens with one attached hydrogen (secondary N) is 2. The Balaban J connectivity index is 2.45. The SMILES string of the molecule is CCC(C)NC(=O)CCNc1cc(Cl)c(F)cc1N. The summed E-state index contributed by atoms with van der Waals surface area (Å²) in [6.07, 6.45) is 1.21. The zero-order valence-corrected chi connectivity index (χ0v) is 11.9. The first-order valence-electron chi connectivity index (χ1n) is 6.21. The molecule has 1 rings (SSSR count). The summed E-state index contributed by atoms with van der Waals surface area (Å²) in [5, 5.41) is 5.82. The number of nitrogens with two attached hydrogens (primary N) is 1. The number of halogens is 2. The normalized spacial score (nSPS) is 12.0. The molecule has 0 saturated heterocycles. The highest BCUT2D eigenvalue weighted by atomic mass is 35.5. The Morgan fingerprint density at radius 2 is 2.21 bits per heavy atom. The van der Waals surface area contributed by atoms with Gasteiger partial charge in [-0.05, 0) is 19.4 Å². The van der Waals surface area contributed by atoms with Gasteiger partial charge in [-0.3, -0.25) is 4.79 Å². The summed E-state index contributed by atoms with van der Waals surface area (Å²) in [4.78, 5) is 11.5. The van der Waals surface area contributed by atoms with Gasteiger partial charge in [-0.1, -0.05) is 18.5 Å². The molecule has 4 nitrogen and oxygen atoms in total. The maximum Gasteiger partial charge on any atom is 0.221 e. The van der Waals surface area contributed by atoms with E-state index in [1.165, 1.54) is 6.07 Å². The van der Waals surface area contributed by atoms with Gasteiger partial charge in [0.1, 0.15) is 5.82 Å². The molecule has 1 aromatic rings. The molecular formula is C13H19ClFN3O. The van der Waals surface area contributed by atoms with Crippen LogP contribution in [0.4, 0.5) is 15.8 Å². The van der Waals surface area contributed by atoms with Crippen molar-refractivity contribution < 1.29 is 9.18 Å². The number of carbonyl (C=O) groups excluding carboxylic acids is 1. The van der Waals surface area contributed by atoms with E-state index in [1.807, 2.05) is 13.8 Å². The molecule has 0 aliphatic rings. The fourth-order valence-electron chi connectivity index (χ4n) is 1.48. The number of rotatable bonds is 6. The van der Waals surface area contributed by atoms with Crippen molar-refractivity contribution in [2.45, 2.75) is 32.7 Å². The van der Waals surface area contributed by atoms with E-state index in [9.17, 15) is 9.18 Å². The third-order valence-electron chi connectivity index (χ3n) is 2.78. The summed E-state index contributed by atoms with van der Waals surface area (Å²) in [6.45, 7) is 4.36. The third kappa shape index (κ3) is 4.95. The van der Waals surface area contributed by atoms with Crippen LogP contribution in [0.15, 0.2) is 12.1 Å². The van der Waals surface area contributed by atoms with Crippen LogP contribution in [-0.2, 0) is 4.79 Å². The second-order valence-corrected chi connectivity index (χ2v) is 4.81. The lowest BCUT2D eigenvalue weighted by Crippen LogP contribution is -2.33. The Bertz CT molecular complexity index is 454. The van der Waals surface area contributed by atoms with Gasteiger partial charge in [-0.2, -0.15) is 0 Å². The molecule has 0 aliphatic carbocycles. The topological polar surface area (TPSA) is 67.2 Å². The van der Waals surface area contributed by atoms with Gasteiger partial charge in [0.15, 0.2) is 0 Å². The van der Waals surface area contributed by atoms with Crippen LogP contribution in [0.3, 0.4) is 0 Å². The number of hydrogen-bond donors (Lipinski definition) is 3. The molecule has 1 aromatic carbocycles. The number of carbonyl (C=O) groups is 1. The molecule has 19 heavy (non-hydrogen) atoms. The summed E-state index contributed by atoms with van der Waals surface area (Å²) in [6, 6.07) is 2.74. The number of nitrogen functional groups attached to an aromatic ring is 1. The van der Waals surface area contributed by atoms with Gasteiger partial charge in [0, 0.05) is 25.1 Å². The van der Waals surface area contributed by atoms with Gasteiger partial charge in [-0.15, -0.1) is 0 Å². The van der Waals surface area contributed by atoms with Crippen LogP contribution in [0.1, 0.15) is 26.7 Å². The van der Waals surface area contributed by atoms with Crippen LogP contribution < -0.4 is 16.4 Å². The zero-order valence-electron chi connectivity index (χ0n) is 11.1. The van der Waals surface area contributed by atoms with E-state index in [4.69, 9.17) is 17.3 Å². The summed E-state index contributed by atoms with van der Waals surface area (Å²) in [7, 11) is 0. The van der Waals surface area contributed by atoms with Gasteiger partial charge in [0.05, 0.1) is 16.4 Å². The predicted octanol–water partition coefficient (Wildman–Crippen LogP) is 2.78. The molecule has 4 N–H and O–H groups in total. The molecule has 0 heterocycles. The van der Waals surface area contributed by atoms with Gasteiger partial charge in [-0.25, -0.2) is 4.39 Å². The van der Waals surface area contributed by atoms with Crippen molar-refractivity contribution in [3.8, 4) is 0 Å². The largest absolute Gasteiger partial charge is 0.397 e. The highest BCUT2D eigenvalue weighted by Gasteiger charge is 2.08. The number of anilines is 2. The van der Waals surface area contributed by atoms with Crippen LogP contribution in [-0.4, -0.2) is 18.5 Å². The molecule has 0 aliphatic heterocycles. The van der Waals surface area contributed by atoms with E-state index in [0.717, 1.165) is 12.5 Å². The van der Waals surface area contributed by atoms with Crippen LogP contribution >= 0.6 is 11.6 Å². The van der Waals surface area contributed by atoms with E-state index >= 15 is 0 Å². The van der Waals surface area contributed by atoms with Crippen molar-refractivity contribution in [2.24, 2.45) is 0 Å². The molecule has 0 radical (unpaired) electrons. The van der Waals surface area contributed by atoms with Gasteiger partial charge in [0.2, 0.25) is 5.91 Å². The molecule has 1 atom stereocenters. The van der Waals surface area contributed by atoms with Crippen molar-refractivity contribution in [1.29, 1.82) is 0 Å². The first kappa shape index (κ1) is 15.6. The van der Waals surface area contributed by atoms with Gasteiger partial charge >= 0.3 is 0 Å². The first-order chi connectivity index (χ1) is 8.93. The Morgan fingerprint density at radius 1 is 1.53 bits per heavy atom. The van der Waals surface area contributed by atoms with E-state index in [0.29, 0.717) is 18.7 Å². The fraction of sp³-hybridized carbons (Fsp3) is 0.462. The minimum absolute atomic E-state index is 0.000701. The second-order valence-electron chi connectivity index (χ2n) is 4.41. The third-order valence-corrected chi connectivity index (χ3v) is 3.07. The summed E-state index contributed by atoms with van der Waals surface area (Å²) < 4.78 is 13.1. The minimum atomic E-state index is -0.556. The highest BCUT2D eigenvalue weighted by molar-refractivity contribution is 6.31. The van der Waals surface area contributed by atoms with Crippen LogP contribution in [0.2, 0.25) is 5.02 Å². The first-order valence-corrected chi connectivity index (χ1v) is 6.59. The van der Waals surface area contributed by atoms with Crippen molar-refractivity contribution in [1.82, 2.24) is 5.32 Å². The molecule has 6 heteroatoms. The van der Waals surface area contributed by atoms with Crippen molar-refractivity contribution in [3.05, 3.63) is 23.0 Å². The second kappa shape index (κ2) is 7.19. The Hall–Kier alpha value is -1.49. The average molecular weight is 288 g/mol. The lowest BCUT2D eigenvalue weighted by Gasteiger charge is -2.13. The molecule has 1 unspecified atom stereocenters. The smallest absolute Gasteiger partial charge is 0.221 e. The molecule has 0 saturated carbocycles. The molecule has 0 aromatic heterocycles. The molecule has 106 valence electrons. The summed E-state index contributed by atoms with van der Waals surface area (Å²) in [5.74, 6) is -0.590. The zero-order chi connectivity index (χ0) is 14.4. The molecule has 0 spiro atoms. The molecule has 0 bridgehead atoms. The van der Waals surface area contributed by atoms with E-state index in [2.05, 4.69) is 10.6 Å². The maximum atomic E-state index is 13.1. The Kier molecular flexibility index (Phi) is 5.89.